The largest absolute Gasteiger partial charge is 0.297 e. The molecule has 0 saturated heterocycles. The zero-order valence-corrected chi connectivity index (χ0v) is 23.2. The number of aromatic nitrogens is 2. The average Bonchev–Trinajstić information content (AvgIpc) is 2.97. The van der Waals surface area contributed by atoms with E-state index in [4.69, 9.17) is 0 Å². The number of halogens is 1. The molecule has 0 bridgehead atoms. The van der Waals surface area contributed by atoms with E-state index < -0.39 is 0 Å². The molecule has 0 fully saturated rings. The minimum Gasteiger partial charge on any atom is -0.297 e. The van der Waals surface area contributed by atoms with Gasteiger partial charge in [-0.1, -0.05) is 74.2 Å². The second-order valence-electron chi connectivity index (χ2n) is 8.75. The lowest BCUT2D eigenvalue weighted by molar-refractivity contribution is 0.252. The van der Waals surface area contributed by atoms with Gasteiger partial charge in [-0.25, -0.2) is 4.68 Å². The van der Waals surface area contributed by atoms with Crippen molar-refractivity contribution in [1.82, 2.24) is 14.3 Å². The van der Waals surface area contributed by atoms with Gasteiger partial charge in [0, 0.05) is 19.3 Å². The second kappa shape index (κ2) is 15.9. The molecule has 0 unspecified atom stereocenters. The summed E-state index contributed by atoms with van der Waals surface area (Å²) in [5.74, 6) is 0. The fourth-order valence-electron chi connectivity index (χ4n) is 3.87. The molecule has 5 heteroatoms. The summed E-state index contributed by atoms with van der Waals surface area (Å²) in [5.41, 5.74) is 4.71. The number of rotatable bonds is 12. The van der Waals surface area contributed by atoms with E-state index in [1.807, 2.05) is 24.7 Å². The Balaban J connectivity index is 0.000000568. The molecule has 0 aliphatic heterocycles. The van der Waals surface area contributed by atoms with Crippen molar-refractivity contribution in [3.8, 4) is 0 Å². The molecule has 1 heterocycles. The van der Waals surface area contributed by atoms with E-state index >= 15 is 0 Å². The lowest BCUT2D eigenvalue weighted by Crippen LogP contribution is -2.27. The zero-order chi connectivity index (χ0) is 24.8. The Labute approximate surface area is 210 Å². The molecule has 0 spiro atoms. The van der Waals surface area contributed by atoms with Crippen LogP contribution in [0.3, 0.4) is 0 Å². The molecule has 184 valence electrons. The van der Waals surface area contributed by atoms with Gasteiger partial charge < -0.3 is 0 Å². The summed E-state index contributed by atoms with van der Waals surface area (Å²) in [5, 5.41) is 0. The van der Waals surface area contributed by atoms with Gasteiger partial charge in [0.2, 0.25) is 0 Å². The van der Waals surface area contributed by atoms with Crippen LogP contribution < -0.4 is 5.56 Å². The number of hydrogen-bond donors (Lipinski definition) is 0. The quantitative estimate of drug-likeness (QED) is 0.215. The van der Waals surface area contributed by atoms with Crippen molar-refractivity contribution in [3.05, 3.63) is 74.6 Å². The van der Waals surface area contributed by atoms with Gasteiger partial charge in [-0.15, -0.1) is 6.58 Å². The Morgan fingerprint density at radius 2 is 1.76 bits per heavy atom. The summed E-state index contributed by atoms with van der Waals surface area (Å²) in [4.78, 5) is 15.2. The Morgan fingerprint density at radius 3 is 2.27 bits per heavy atom. The predicted molar refractivity (Wildman–Crippen MR) is 148 cm³/mol. The minimum atomic E-state index is 0.0230. The van der Waals surface area contributed by atoms with Gasteiger partial charge in [0.1, 0.15) is 4.47 Å². The van der Waals surface area contributed by atoms with Gasteiger partial charge in [0.25, 0.3) is 5.56 Å². The van der Waals surface area contributed by atoms with Crippen molar-refractivity contribution in [2.45, 2.75) is 79.7 Å². The molecular formula is C28H44BrN3O. The van der Waals surface area contributed by atoms with Crippen molar-refractivity contribution >= 4 is 21.6 Å². The second-order valence-corrected chi connectivity index (χ2v) is 9.55. The molecule has 0 amide bonds. The summed E-state index contributed by atoms with van der Waals surface area (Å²) in [7, 11) is 1.97. The van der Waals surface area contributed by atoms with Crippen LogP contribution in [0.15, 0.2) is 52.3 Å². The van der Waals surface area contributed by atoms with Crippen molar-refractivity contribution in [2.75, 3.05) is 13.1 Å². The summed E-state index contributed by atoms with van der Waals surface area (Å²) < 4.78 is 4.44. The molecule has 0 aliphatic rings. The fraction of sp³-hybridized carbons (Fsp3) is 0.536. The first-order valence-corrected chi connectivity index (χ1v) is 13.1. The summed E-state index contributed by atoms with van der Waals surface area (Å²) in [6.07, 6.45) is 10.6. The van der Waals surface area contributed by atoms with Crippen LogP contribution in [0.4, 0.5) is 0 Å². The van der Waals surface area contributed by atoms with Gasteiger partial charge in [-0.05, 0) is 75.5 Å². The highest BCUT2D eigenvalue weighted by atomic mass is 79.9. The molecular weight excluding hydrogens is 474 g/mol. The van der Waals surface area contributed by atoms with E-state index in [0.717, 1.165) is 50.3 Å². The number of hydrogen-bond acceptors (Lipinski definition) is 2. The van der Waals surface area contributed by atoms with Crippen molar-refractivity contribution in [1.29, 1.82) is 0 Å². The Hall–Kier alpha value is -1.85. The molecule has 2 rings (SSSR count). The van der Waals surface area contributed by atoms with Gasteiger partial charge in [0.05, 0.1) is 5.69 Å². The van der Waals surface area contributed by atoms with Crippen molar-refractivity contribution < 1.29 is 0 Å². The van der Waals surface area contributed by atoms with Crippen LogP contribution in [0, 0.1) is 13.8 Å². The molecule has 1 aromatic heterocycles. The molecule has 0 saturated carbocycles. The van der Waals surface area contributed by atoms with E-state index in [9.17, 15) is 4.79 Å². The number of aryl methyl sites for hydroxylation is 2. The Morgan fingerprint density at radius 1 is 1.09 bits per heavy atom. The standard InChI is InChI=1S/C20H34BrN3O.C8H10/c1-6-9-11-13-17(4)24-20(25)19(21)18(22(24)5)16-23(14-8-3)15-12-10-7-2;1-7-4-3-5-8(2)6-7/h6,13H,1,7-12,14-16H2,2-5H3;3-6H,1-2H3/b17-13+;. The van der Waals surface area contributed by atoms with E-state index in [2.05, 4.69) is 85.4 Å². The van der Waals surface area contributed by atoms with Crippen LogP contribution in [-0.4, -0.2) is 27.4 Å². The maximum atomic E-state index is 12.7. The zero-order valence-electron chi connectivity index (χ0n) is 21.7. The fourth-order valence-corrected chi connectivity index (χ4v) is 4.42. The lowest BCUT2D eigenvalue weighted by Gasteiger charge is -2.22. The molecule has 0 atom stereocenters. The number of unbranched alkanes of at least 4 members (excludes halogenated alkanes) is 3. The first-order chi connectivity index (χ1) is 15.8. The molecule has 2 aromatic rings. The van der Waals surface area contributed by atoms with Gasteiger partial charge in [-0.2, -0.15) is 0 Å². The van der Waals surface area contributed by atoms with Crippen molar-refractivity contribution in [2.24, 2.45) is 7.05 Å². The Kier molecular flexibility index (Phi) is 14.1. The molecule has 4 nitrogen and oxygen atoms in total. The highest BCUT2D eigenvalue weighted by molar-refractivity contribution is 9.10. The van der Waals surface area contributed by atoms with Gasteiger partial charge in [0.15, 0.2) is 0 Å². The normalized spacial score (nSPS) is 11.5. The third-order valence-electron chi connectivity index (χ3n) is 5.63. The smallest absolute Gasteiger partial charge is 0.285 e. The number of nitrogens with zero attached hydrogens (tertiary/aromatic N) is 3. The first kappa shape index (κ1) is 29.2. The highest BCUT2D eigenvalue weighted by Crippen LogP contribution is 2.18. The molecule has 0 radical (unpaired) electrons. The Bertz CT molecular complexity index is 922. The molecule has 0 N–H and O–H groups in total. The third-order valence-corrected chi connectivity index (χ3v) is 6.43. The summed E-state index contributed by atoms with van der Waals surface area (Å²) in [6, 6.07) is 8.45. The van der Waals surface area contributed by atoms with E-state index in [0.29, 0.717) is 4.47 Å². The maximum Gasteiger partial charge on any atom is 0.285 e. The third kappa shape index (κ3) is 9.89. The van der Waals surface area contributed by atoms with E-state index in [1.54, 1.807) is 4.68 Å². The van der Waals surface area contributed by atoms with Crippen LogP contribution >= 0.6 is 15.9 Å². The summed E-state index contributed by atoms with van der Waals surface area (Å²) >= 11 is 3.54. The van der Waals surface area contributed by atoms with E-state index in [1.165, 1.54) is 30.4 Å². The van der Waals surface area contributed by atoms with Gasteiger partial charge in [-0.3, -0.25) is 14.4 Å². The molecule has 33 heavy (non-hydrogen) atoms. The molecule has 0 aliphatic carbocycles. The number of benzene rings is 1. The van der Waals surface area contributed by atoms with Crippen molar-refractivity contribution in [3.63, 3.8) is 0 Å². The monoisotopic (exact) mass is 517 g/mol. The van der Waals surface area contributed by atoms with Crippen LogP contribution in [0.2, 0.25) is 0 Å². The minimum absolute atomic E-state index is 0.0230. The van der Waals surface area contributed by atoms with Crippen LogP contribution in [0.25, 0.3) is 5.70 Å². The predicted octanol–water partition coefficient (Wildman–Crippen LogP) is 7.48. The molecule has 1 aromatic carbocycles. The first-order valence-electron chi connectivity index (χ1n) is 12.3. The van der Waals surface area contributed by atoms with Crippen LogP contribution in [-0.2, 0) is 13.6 Å². The van der Waals surface area contributed by atoms with Crippen LogP contribution in [0.5, 0.6) is 0 Å². The maximum absolute atomic E-state index is 12.7. The highest BCUT2D eigenvalue weighted by Gasteiger charge is 2.18. The topological polar surface area (TPSA) is 30.2 Å². The summed E-state index contributed by atoms with van der Waals surface area (Å²) in [6.45, 7) is 17.3. The lowest BCUT2D eigenvalue weighted by atomic mass is 10.2. The SMILES string of the molecule is C=CCC/C=C(\C)n1c(=O)c(Br)c(CN(CCC)CCCCC)n1C.Cc1cccc(C)c1. The number of allylic oxidation sites excluding steroid dienone is 3. The van der Waals surface area contributed by atoms with E-state index in [-0.39, 0.29) is 5.56 Å². The van der Waals surface area contributed by atoms with Crippen LogP contribution in [0.1, 0.15) is 76.1 Å². The average molecular weight is 519 g/mol. The van der Waals surface area contributed by atoms with Gasteiger partial charge >= 0.3 is 0 Å².